The van der Waals surface area contributed by atoms with Gasteiger partial charge >= 0.3 is 0 Å². The van der Waals surface area contributed by atoms with E-state index in [1.165, 1.54) is 0 Å². The number of hydrogen-bond acceptors (Lipinski definition) is 3. The molecule has 0 amide bonds. The number of hydrogen-bond donors (Lipinski definition) is 1. The van der Waals surface area contributed by atoms with Gasteiger partial charge in [0.15, 0.2) is 9.84 Å². The lowest BCUT2D eigenvalue weighted by molar-refractivity contribution is 0.283. The third-order valence-corrected chi connectivity index (χ3v) is 5.10. The lowest BCUT2D eigenvalue weighted by Gasteiger charge is -2.05. The molecular formula is C13H16ClNO3S. The van der Waals surface area contributed by atoms with Crippen LogP contribution in [0.5, 0.6) is 0 Å². The van der Waals surface area contributed by atoms with E-state index in [4.69, 9.17) is 11.6 Å². The van der Waals surface area contributed by atoms with Gasteiger partial charge in [0, 0.05) is 40.0 Å². The van der Waals surface area contributed by atoms with Gasteiger partial charge in [-0.1, -0.05) is 24.6 Å². The molecule has 1 aromatic heterocycles. The summed E-state index contributed by atoms with van der Waals surface area (Å²) >= 11 is 5.97. The highest BCUT2D eigenvalue weighted by Gasteiger charge is 2.12. The molecule has 0 bridgehead atoms. The van der Waals surface area contributed by atoms with E-state index >= 15 is 0 Å². The van der Waals surface area contributed by atoms with Crippen molar-refractivity contribution in [3.8, 4) is 0 Å². The Morgan fingerprint density at radius 2 is 2.11 bits per heavy atom. The van der Waals surface area contributed by atoms with Crippen molar-refractivity contribution >= 4 is 32.3 Å². The molecule has 104 valence electrons. The predicted molar refractivity (Wildman–Crippen MR) is 77.2 cm³/mol. The zero-order valence-electron chi connectivity index (χ0n) is 10.6. The minimum atomic E-state index is -3.01. The molecule has 0 unspecified atom stereocenters. The minimum absolute atomic E-state index is 0.0777. The van der Waals surface area contributed by atoms with Crippen LogP contribution < -0.4 is 0 Å². The highest BCUT2D eigenvalue weighted by atomic mass is 35.5. The number of aryl methyl sites for hydroxylation is 1. The Labute approximate surface area is 117 Å². The van der Waals surface area contributed by atoms with Crippen molar-refractivity contribution in [3.05, 3.63) is 35.0 Å². The molecule has 6 heteroatoms. The van der Waals surface area contributed by atoms with Crippen molar-refractivity contribution in [3.63, 3.8) is 0 Å². The van der Waals surface area contributed by atoms with Gasteiger partial charge in [-0.2, -0.15) is 0 Å². The standard InChI is InChI=1S/C13H16ClNO3S/c1-2-19(17,18)6-5-15-8-10(9-16)12-4-3-11(14)7-13(12)15/h3-4,7-8,16H,2,5-6,9H2,1H3. The number of aliphatic hydroxyl groups excluding tert-OH is 1. The van der Waals surface area contributed by atoms with Crippen LogP contribution in [0.15, 0.2) is 24.4 Å². The number of halogens is 1. The minimum Gasteiger partial charge on any atom is -0.392 e. The molecule has 0 saturated carbocycles. The maximum Gasteiger partial charge on any atom is 0.151 e. The first-order chi connectivity index (χ1) is 8.96. The topological polar surface area (TPSA) is 59.3 Å². The third kappa shape index (κ3) is 3.11. The molecule has 0 radical (unpaired) electrons. The van der Waals surface area contributed by atoms with Crippen LogP contribution in [-0.4, -0.2) is 29.6 Å². The summed E-state index contributed by atoms with van der Waals surface area (Å²) in [5.41, 5.74) is 1.63. The zero-order chi connectivity index (χ0) is 14.0. The van der Waals surface area contributed by atoms with Crippen molar-refractivity contribution in [1.29, 1.82) is 0 Å². The molecule has 2 aromatic rings. The van der Waals surface area contributed by atoms with Crippen LogP contribution >= 0.6 is 11.6 Å². The largest absolute Gasteiger partial charge is 0.392 e. The van der Waals surface area contributed by atoms with Crippen LogP contribution in [0.2, 0.25) is 5.02 Å². The van der Waals surface area contributed by atoms with Gasteiger partial charge in [0.05, 0.1) is 12.4 Å². The average molecular weight is 302 g/mol. The van der Waals surface area contributed by atoms with Gasteiger partial charge in [0.1, 0.15) is 0 Å². The summed E-state index contributed by atoms with van der Waals surface area (Å²) in [6.45, 7) is 1.93. The molecular weight excluding hydrogens is 286 g/mol. The Balaban J connectivity index is 2.40. The number of sulfone groups is 1. The maximum atomic E-state index is 11.6. The highest BCUT2D eigenvalue weighted by Crippen LogP contribution is 2.25. The Hall–Kier alpha value is -1.04. The number of rotatable bonds is 5. The van der Waals surface area contributed by atoms with Gasteiger partial charge in [-0.15, -0.1) is 0 Å². The number of aliphatic hydroxyl groups is 1. The fraction of sp³-hybridized carbons (Fsp3) is 0.385. The first-order valence-electron chi connectivity index (χ1n) is 6.05. The second-order valence-corrected chi connectivity index (χ2v) is 7.31. The molecule has 4 nitrogen and oxygen atoms in total. The second-order valence-electron chi connectivity index (χ2n) is 4.40. The lowest BCUT2D eigenvalue weighted by atomic mass is 10.2. The van der Waals surface area contributed by atoms with Gasteiger partial charge in [0.25, 0.3) is 0 Å². The average Bonchev–Trinajstić information content (AvgIpc) is 2.74. The molecule has 19 heavy (non-hydrogen) atoms. The van der Waals surface area contributed by atoms with E-state index in [0.717, 1.165) is 16.5 Å². The van der Waals surface area contributed by atoms with Crippen LogP contribution in [0.1, 0.15) is 12.5 Å². The monoisotopic (exact) mass is 301 g/mol. The SMILES string of the molecule is CCS(=O)(=O)CCn1cc(CO)c2ccc(Cl)cc21. The van der Waals surface area contributed by atoms with Gasteiger partial charge in [0.2, 0.25) is 0 Å². The maximum absolute atomic E-state index is 11.6. The fourth-order valence-corrected chi connectivity index (χ4v) is 2.96. The Bertz CT molecular complexity index is 691. The number of benzene rings is 1. The van der Waals surface area contributed by atoms with Crippen molar-refractivity contribution in [2.45, 2.75) is 20.1 Å². The summed E-state index contributed by atoms with van der Waals surface area (Å²) < 4.78 is 25.0. The molecule has 0 aliphatic heterocycles. The summed E-state index contributed by atoms with van der Waals surface area (Å²) in [7, 11) is -3.01. The third-order valence-electron chi connectivity index (χ3n) is 3.18. The van der Waals surface area contributed by atoms with E-state index in [1.54, 1.807) is 25.3 Å². The smallest absolute Gasteiger partial charge is 0.151 e. The van der Waals surface area contributed by atoms with E-state index in [1.807, 2.05) is 10.6 Å². The number of nitrogens with zero attached hydrogens (tertiary/aromatic N) is 1. The summed E-state index contributed by atoms with van der Waals surface area (Å²) in [4.78, 5) is 0. The molecule has 0 spiro atoms. The van der Waals surface area contributed by atoms with Gasteiger partial charge in [-0.25, -0.2) is 8.42 Å². The van der Waals surface area contributed by atoms with Crippen LogP contribution in [0.3, 0.4) is 0 Å². The van der Waals surface area contributed by atoms with Crippen LogP contribution in [-0.2, 0) is 23.0 Å². The van der Waals surface area contributed by atoms with Gasteiger partial charge < -0.3 is 9.67 Å². The molecule has 0 atom stereocenters. The molecule has 2 rings (SSSR count). The van der Waals surface area contributed by atoms with Crippen molar-refractivity contribution in [2.24, 2.45) is 0 Å². The summed E-state index contributed by atoms with van der Waals surface area (Å²) in [5, 5.41) is 10.8. The molecule has 1 aromatic carbocycles. The van der Waals surface area contributed by atoms with Crippen LogP contribution in [0.25, 0.3) is 10.9 Å². The van der Waals surface area contributed by atoms with Gasteiger partial charge in [-0.05, 0) is 12.1 Å². The van der Waals surface area contributed by atoms with Crippen LogP contribution in [0, 0.1) is 0 Å². The van der Waals surface area contributed by atoms with Gasteiger partial charge in [-0.3, -0.25) is 0 Å². The Morgan fingerprint density at radius 3 is 2.74 bits per heavy atom. The molecule has 1 heterocycles. The molecule has 0 fully saturated rings. The molecule has 1 N–H and O–H groups in total. The molecule has 0 aliphatic carbocycles. The van der Waals surface area contributed by atoms with Crippen molar-refractivity contribution < 1.29 is 13.5 Å². The quantitative estimate of drug-likeness (QED) is 0.921. The zero-order valence-corrected chi connectivity index (χ0v) is 12.2. The van der Waals surface area contributed by atoms with E-state index in [2.05, 4.69) is 0 Å². The first kappa shape index (κ1) is 14.4. The number of fused-ring (bicyclic) bond motifs is 1. The lowest BCUT2D eigenvalue weighted by Crippen LogP contribution is -2.14. The predicted octanol–water partition coefficient (Wildman–Crippen LogP) is 2.22. The van der Waals surface area contributed by atoms with E-state index in [-0.39, 0.29) is 18.1 Å². The Kier molecular flexibility index (Phi) is 4.18. The molecule has 0 saturated heterocycles. The Morgan fingerprint density at radius 1 is 1.37 bits per heavy atom. The van der Waals surface area contributed by atoms with E-state index < -0.39 is 9.84 Å². The van der Waals surface area contributed by atoms with Crippen LogP contribution in [0.4, 0.5) is 0 Å². The second kappa shape index (κ2) is 5.53. The summed E-state index contributed by atoms with van der Waals surface area (Å²) in [5.74, 6) is 0.227. The summed E-state index contributed by atoms with van der Waals surface area (Å²) in [6.07, 6.45) is 1.78. The highest BCUT2D eigenvalue weighted by molar-refractivity contribution is 7.91. The van der Waals surface area contributed by atoms with Crippen molar-refractivity contribution in [1.82, 2.24) is 4.57 Å². The first-order valence-corrected chi connectivity index (χ1v) is 8.25. The van der Waals surface area contributed by atoms with E-state index in [9.17, 15) is 13.5 Å². The van der Waals surface area contributed by atoms with E-state index in [0.29, 0.717) is 11.6 Å². The fourth-order valence-electron chi connectivity index (χ4n) is 2.03. The normalized spacial score (nSPS) is 12.2. The number of aromatic nitrogens is 1. The van der Waals surface area contributed by atoms with Crippen molar-refractivity contribution in [2.75, 3.05) is 11.5 Å². The molecule has 0 aliphatic rings. The summed E-state index contributed by atoms with van der Waals surface area (Å²) in [6, 6.07) is 5.39.